The molecule has 1 unspecified atom stereocenters. The first kappa shape index (κ1) is 20.7. The monoisotopic (exact) mass is 370 g/mol. The maximum atomic E-state index is 12.0. The maximum absolute atomic E-state index is 12.0. The van der Waals surface area contributed by atoms with Gasteiger partial charge in [0.15, 0.2) is 0 Å². The molecule has 1 aromatic rings. The highest BCUT2D eigenvalue weighted by molar-refractivity contribution is 7.98. The molecule has 6 nitrogen and oxygen atoms in total. The molecular formula is C16H26N4O2S2. The standard InChI is InChI=1S/C16H26N4O2S2/c1-20(9-10-24-2)16(22)13(17)5-3-4-8-18-15(21)12-6-7-14(23)19-11-12/h6-7,11,13H,3-5,8-10,17H2,1-2H3,(H,18,21)(H,19,23). The van der Waals surface area contributed by atoms with Crippen molar-refractivity contribution in [1.82, 2.24) is 15.2 Å². The zero-order valence-corrected chi connectivity index (χ0v) is 15.8. The van der Waals surface area contributed by atoms with Crippen LogP contribution in [0.15, 0.2) is 18.3 Å². The summed E-state index contributed by atoms with van der Waals surface area (Å²) >= 11 is 6.64. The number of nitrogens with one attached hydrogen (secondary N) is 2. The minimum absolute atomic E-state index is 0.0207. The Morgan fingerprint density at radius 3 is 2.79 bits per heavy atom. The second kappa shape index (κ2) is 11.2. The zero-order chi connectivity index (χ0) is 17.9. The van der Waals surface area contributed by atoms with Crippen molar-refractivity contribution in [2.24, 2.45) is 5.73 Å². The van der Waals surface area contributed by atoms with E-state index in [1.54, 1.807) is 42.0 Å². The fraction of sp³-hybridized carbons (Fsp3) is 0.562. The number of nitrogens with zero attached hydrogens (tertiary/aromatic N) is 1. The van der Waals surface area contributed by atoms with Crippen LogP contribution in [-0.2, 0) is 4.79 Å². The molecule has 4 N–H and O–H groups in total. The van der Waals surface area contributed by atoms with Crippen molar-refractivity contribution in [3.05, 3.63) is 28.5 Å². The second-order valence-corrected chi connectivity index (χ2v) is 6.98. The van der Waals surface area contributed by atoms with Gasteiger partial charge in [0.25, 0.3) is 5.91 Å². The van der Waals surface area contributed by atoms with Gasteiger partial charge in [-0.15, -0.1) is 0 Å². The summed E-state index contributed by atoms with van der Waals surface area (Å²) in [6.07, 6.45) is 5.80. The van der Waals surface area contributed by atoms with Crippen molar-refractivity contribution in [3.63, 3.8) is 0 Å². The normalized spacial score (nSPS) is 11.8. The van der Waals surface area contributed by atoms with Crippen molar-refractivity contribution >= 4 is 35.8 Å². The van der Waals surface area contributed by atoms with Crippen LogP contribution in [0.3, 0.4) is 0 Å². The predicted molar refractivity (Wildman–Crippen MR) is 102 cm³/mol. The Hall–Kier alpha value is -1.38. The molecular weight excluding hydrogens is 344 g/mol. The minimum atomic E-state index is -0.471. The Balaban J connectivity index is 2.21. The van der Waals surface area contributed by atoms with Crippen LogP contribution in [0.25, 0.3) is 0 Å². The van der Waals surface area contributed by atoms with E-state index < -0.39 is 6.04 Å². The molecule has 0 aromatic carbocycles. The fourth-order valence-electron chi connectivity index (χ4n) is 2.09. The molecule has 0 aliphatic heterocycles. The number of H-pyrrole nitrogens is 1. The number of aromatic amines is 1. The highest BCUT2D eigenvalue weighted by Gasteiger charge is 2.17. The van der Waals surface area contributed by atoms with E-state index >= 15 is 0 Å². The molecule has 1 rings (SSSR count). The van der Waals surface area contributed by atoms with E-state index in [0.717, 1.165) is 18.6 Å². The van der Waals surface area contributed by atoms with E-state index in [1.165, 1.54) is 0 Å². The predicted octanol–water partition coefficient (Wildman–Crippen LogP) is 1.79. The summed E-state index contributed by atoms with van der Waals surface area (Å²) in [6.45, 7) is 1.27. The molecule has 0 bridgehead atoms. The summed E-state index contributed by atoms with van der Waals surface area (Å²) in [5, 5.41) is 2.84. The number of rotatable bonds is 10. The molecule has 8 heteroatoms. The molecule has 0 spiro atoms. The van der Waals surface area contributed by atoms with Gasteiger partial charge in [-0.2, -0.15) is 11.8 Å². The lowest BCUT2D eigenvalue weighted by atomic mass is 10.1. The number of carbonyl (C=O) groups excluding carboxylic acids is 2. The van der Waals surface area contributed by atoms with Crippen LogP contribution < -0.4 is 11.1 Å². The molecule has 0 saturated heterocycles. The van der Waals surface area contributed by atoms with Crippen molar-refractivity contribution in [1.29, 1.82) is 0 Å². The molecule has 1 heterocycles. The summed E-state index contributed by atoms with van der Waals surface area (Å²) in [7, 11) is 1.78. The Morgan fingerprint density at radius 2 is 2.17 bits per heavy atom. The number of pyridine rings is 1. The van der Waals surface area contributed by atoms with E-state index in [2.05, 4.69) is 10.3 Å². The van der Waals surface area contributed by atoms with Crippen LogP contribution in [0.2, 0.25) is 0 Å². The van der Waals surface area contributed by atoms with Crippen molar-refractivity contribution in [2.45, 2.75) is 25.3 Å². The lowest BCUT2D eigenvalue weighted by Gasteiger charge is -2.20. The third-order valence-corrected chi connectivity index (χ3v) is 4.44. The van der Waals surface area contributed by atoms with Gasteiger partial charge < -0.3 is 20.9 Å². The number of aromatic nitrogens is 1. The highest BCUT2D eigenvalue weighted by Crippen LogP contribution is 2.03. The van der Waals surface area contributed by atoms with Crippen LogP contribution in [-0.4, -0.2) is 59.9 Å². The summed E-state index contributed by atoms with van der Waals surface area (Å²) in [5.41, 5.74) is 6.48. The first-order chi connectivity index (χ1) is 11.5. The number of amides is 2. The topological polar surface area (TPSA) is 91.2 Å². The van der Waals surface area contributed by atoms with Gasteiger partial charge in [0.2, 0.25) is 5.91 Å². The Kier molecular flexibility index (Phi) is 9.66. The van der Waals surface area contributed by atoms with E-state index in [0.29, 0.717) is 29.7 Å². The van der Waals surface area contributed by atoms with Crippen molar-refractivity contribution < 1.29 is 9.59 Å². The molecule has 24 heavy (non-hydrogen) atoms. The van der Waals surface area contributed by atoms with Gasteiger partial charge in [-0.1, -0.05) is 12.2 Å². The first-order valence-corrected chi connectivity index (χ1v) is 9.72. The summed E-state index contributed by atoms with van der Waals surface area (Å²) in [5.74, 6) is 0.747. The molecule has 1 aromatic heterocycles. The number of hydrogen-bond acceptors (Lipinski definition) is 5. The van der Waals surface area contributed by atoms with Crippen LogP contribution in [0.5, 0.6) is 0 Å². The van der Waals surface area contributed by atoms with Crippen LogP contribution >= 0.6 is 24.0 Å². The number of unbranched alkanes of at least 4 members (excludes halogenated alkanes) is 1. The molecule has 2 amide bonds. The lowest BCUT2D eigenvalue weighted by molar-refractivity contribution is -0.131. The lowest BCUT2D eigenvalue weighted by Crippen LogP contribution is -2.42. The molecule has 134 valence electrons. The summed E-state index contributed by atoms with van der Waals surface area (Å²) in [6, 6.07) is 2.90. The summed E-state index contributed by atoms with van der Waals surface area (Å²) < 4.78 is 0.590. The van der Waals surface area contributed by atoms with Crippen molar-refractivity contribution in [3.8, 4) is 0 Å². The van der Waals surface area contributed by atoms with Gasteiger partial charge >= 0.3 is 0 Å². The van der Waals surface area contributed by atoms with Crippen LogP contribution in [0, 0.1) is 4.64 Å². The molecule has 1 atom stereocenters. The number of nitrogens with two attached hydrogens (primary N) is 1. The third-order valence-electron chi connectivity index (χ3n) is 3.60. The Morgan fingerprint density at radius 1 is 1.42 bits per heavy atom. The quantitative estimate of drug-likeness (QED) is 0.431. The van der Waals surface area contributed by atoms with Gasteiger partial charge in [-0.25, -0.2) is 0 Å². The van der Waals surface area contributed by atoms with E-state index in [-0.39, 0.29) is 11.8 Å². The molecule has 0 aliphatic carbocycles. The summed E-state index contributed by atoms with van der Waals surface area (Å²) in [4.78, 5) is 28.5. The first-order valence-electron chi connectivity index (χ1n) is 7.92. The zero-order valence-electron chi connectivity index (χ0n) is 14.2. The smallest absolute Gasteiger partial charge is 0.252 e. The number of thioether (sulfide) groups is 1. The van der Waals surface area contributed by atoms with Crippen molar-refractivity contribution in [2.75, 3.05) is 32.1 Å². The molecule has 0 aliphatic rings. The minimum Gasteiger partial charge on any atom is -0.352 e. The van der Waals surface area contributed by atoms with Gasteiger partial charge in [0.05, 0.1) is 11.6 Å². The average Bonchev–Trinajstić information content (AvgIpc) is 2.58. The van der Waals surface area contributed by atoms with E-state index in [9.17, 15) is 9.59 Å². The fourth-order valence-corrected chi connectivity index (χ4v) is 2.67. The molecule has 0 radical (unpaired) electrons. The number of hydrogen-bond donors (Lipinski definition) is 3. The van der Waals surface area contributed by atoms with Crippen LogP contribution in [0.4, 0.5) is 0 Å². The maximum Gasteiger partial charge on any atom is 0.252 e. The Bertz CT molecular complexity index is 571. The third kappa shape index (κ3) is 7.46. The molecule has 0 fully saturated rings. The van der Waals surface area contributed by atoms with Crippen LogP contribution in [0.1, 0.15) is 29.6 Å². The average molecular weight is 371 g/mol. The number of likely N-dealkylation sites (N-methyl/N-ethyl adjacent to an activating group) is 1. The van der Waals surface area contributed by atoms with Gasteiger partial charge in [0.1, 0.15) is 4.64 Å². The van der Waals surface area contributed by atoms with Gasteiger partial charge in [-0.3, -0.25) is 9.59 Å². The van der Waals surface area contributed by atoms with Gasteiger partial charge in [-0.05, 0) is 37.7 Å². The van der Waals surface area contributed by atoms with E-state index in [1.807, 2.05) is 6.26 Å². The molecule has 0 saturated carbocycles. The largest absolute Gasteiger partial charge is 0.352 e. The van der Waals surface area contributed by atoms with E-state index in [4.69, 9.17) is 18.0 Å². The second-order valence-electron chi connectivity index (χ2n) is 5.55. The SMILES string of the molecule is CSCCN(C)C(=O)C(N)CCCCNC(=O)c1ccc(=S)[nH]c1. The highest BCUT2D eigenvalue weighted by atomic mass is 32.2. The van der Waals surface area contributed by atoms with Gasteiger partial charge in [0, 0.05) is 32.1 Å². The number of carbonyl (C=O) groups is 2. The Labute approximate surface area is 152 Å².